The monoisotopic (exact) mass is 224 g/mol. The summed E-state index contributed by atoms with van der Waals surface area (Å²) in [7, 11) is 1.70. The van der Waals surface area contributed by atoms with Crippen LogP contribution in [0.5, 0.6) is 0 Å². The number of aromatic amines is 1. The van der Waals surface area contributed by atoms with Crippen molar-refractivity contribution in [3.63, 3.8) is 0 Å². The zero-order valence-corrected chi connectivity index (χ0v) is 9.65. The lowest BCUT2D eigenvalue weighted by molar-refractivity contribution is -0.131. The van der Waals surface area contributed by atoms with Crippen molar-refractivity contribution in [2.24, 2.45) is 0 Å². The zero-order valence-electron chi connectivity index (χ0n) is 9.65. The van der Waals surface area contributed by atoms with E-state index in [1.54, 1.807) is 18.9 Å². The van der Waals surface area contributed by atoms with Gasteiger partial charge < -0.3 is 10.2 Å². The van der Waals surface area contributed by atoms with E-state index in [-0.39, 0.29) is 11.8 Å². The second kappa shape index (κ2) is 5.29. The fraction of sp³-hybridized carbons (Fsp3) is 0.500. The minimum Gasteiger partial charge on any atom is -0.344 e. The maximum atomic E-state index is 11.7. The summed E-state index contributed by atoms with van der Waals surface area (Å²) in [6.45, 7) is 4.15. The van der Waals surface area contributed by atoms with Gasteiger partial charge in [-0.25, -0.2) is 0 Å². The van der Waals surface area contributed by atoms with Crippen molar-refractivity contribution in [3.8, 4) is 0 Å². The molecule has 0 aliphatic heterocycles. The second-order valence-electron chi connectivity index (χ2n) is 3.53. The molecule has 1 aromatic rings. The van der Waals surface area contributed by atoms with E-state index in [4.69, 9.17) is 0 Å². The number of carbonyl (C=O) groups is 2. The predicted molar refractivity (Wildman–Crippen MR) is 58.8 cm³/mol. The largest absolute Gasteiger partial charge is 0.344 e. The van der Waals surface area contributed by atoms with Crippen LogP contribution in [-0.4, -0.2) is 46.5 Å². The fourth-order valence-electron chi connectivity index (χ4n) is 1.20. The quantitative estimate of drug-likeness (QED) is 0.756. The summed E-state index contributed by atoms with van der Waals surface area (Å²) in [5, 5.41) is 8.81. The molecule has 1 unspecified atom stereocenters. The molecule has 0 aromatic carbocycles. The fourth-order valence-corrected chi connectivity index (χ4v) is 1.20. The van der Waals surface area contributed by atoms with Crippen LogP contribution >= 0.6 is 0 Å². The Kier molecular flexibility index (Phi) is 4.04. The summed E-state index contributed by atoms with van der Waals surface area (Å²) in [5.41, 5.74) is 0.416. The van der Waals surface area contributed by atoms with Crippen LogP contribution in [0.1, 0.15) is 24.2 Å². The van der Waals surface area contributed by atoms with E-state index in [0.717, 1.165) is 0 Å². The molecule has 0 spiro atoms. The molecule has 0 fully saturated rings. The number of rotatable bonds is 4. The normalized spacial score (nSPS) is 11.9. The van der Waals surface area contributed by atoms with Crippen molar-refractivity contribution in [2.45, 2.75) is 19.9 Å². The first kappa shape index (κ1) is 12.2. The molecule has 0 radical (unpaired) electrons. The molecule has 1 heterocycles. The standard InChI is InChI=1S/C10H16N4O2/c1-4-14(3)10(16)7(2)13-9(15)8-5-11-12-6-8/h5-7H,4H2,1-3H3,(H,11,12)(H,13,15). The first-order chi connectivity index (χ1) is 7.56. The van der Waals surface area contributed by atoms with Crippen molar-refractivity contribution < 1.29 is 9.59 Å². The Hall–Kier alpha value is -1.85. The van der Waals surface area contributed by atoms with E-state index < -0.39 is 6.04 Å². The second-order valence-corrected chi connectivity index (χ2v) is 3.53. The van der Waals surface area contributed by atoms with Crippen molar-refractivity contribution in [2.75, 3.05) is 13.6 Å². The molecule has 88 valence electrons. The molecule has 0 saturated carbocycles. The number of aromatic nitrogens is 2. The predicted octanol–water partition coefficient (Wildman–Crippen LogP) is 0.00630. The lowest BCUT2D eigenvalue weighted by Crippen LogP contribution is -2.45. The van der Waals surface area contributed by atoms with Crippen LogP contribution in [0.15, 0.2) is 12.4 Å². The van der Waals surface area contributed by atoms with Crippen LogP contribution in [0.4, 0.5) is 0 Å². The summed E-state index contributed by atoms with van der Waals surface area (Å²) in [4.78, 5) is 24.8. The molecule has 1 rings (SSSR count). The minimum atomic E-state index is -0.535. The van der Waals surface area contributed by atoms with Gasteiger partial charge in [-0.3, -0.25) is 14.7 Å². The van der Waals surface area contributed by atoms with E-state index >= 15 is 0 Å². The Bertz CT molecular complexity index is 361. The van der Waals surface area contributed by atoms with Gasteiger partial charge in [0.25, 0.3) is 5.91 Å². The van der Waals surface area contributed by atoms with Gasteiger partial charge in [-0.1, -0.05) is 0 Å². The van der Waals surface area contributed by atoms with Gasteiger partial charge in [0.15, 0.2) is 0 Å². The molecular weight excluding hydrogens is 208 g/mol. The van der Waals surface area contributed by atoms with E-state index in [9.17, 15) is 9.59 Å². The molecule has 16 heavy (non-hydrogen) atoms. The summed E-state index contributed by atoms with van der Waals surface area (Å²) >= 11 is 0. The molecule has 2 N–H and O–H groups in total. The minimum absolute atomic E-state index is 0.112. The Morgan fingerprint density at radius 2 is 2.31 bits per heavy atom. The number of likely N-dealkylation sites (N-methyl/N-ethyl adjacent to an activating group) is 1. The zero-order chi connectivity index (χ0) is 12.1. The van der Waals surface area contributed by atoms with Gasteiger partial charge >= 0.3 is 0 Å². The van der Waals surface area contributed by atoms with Crippen molar-refractivity contribution in [1.29, 1.82) is 0 Å². The number of carbonyl (C=O) groups excluding carboxylic acids is 2. The van der Waals surface area contributed by atoms with Crippen LogP contribution < -0.4 is 5.32 Å². The average molecular weight is 224 g/mol. The number of nitrogens with zero attached hydrogens (tertiary/aromatic N) is 2. The smallest absolute Gasteiger partial charge is 0.255 e. The van der Waals surface area contributed by atoms with Gasteiger partial charge in [-0.05, 0) is 13.8 Å². The number of hydrogen-bond donors (Lipinski definition) is 2. The van der Waals surface area contributed by atoms with Crippen LogP contribution in [0.2, 0.25) is 0 Å². The molecule has 0 saturated heterocycles. The third-order valence-electron chi connectivity index (χ3n) is 2.33. The van der Waals surface area contributed by atoms with Gasteiger partial charge in [0.2, 0.25) is 5.91 Å². The number of nitrogens with one attached hydrogen (secondary N) is 2. The highest BCUT2D eigenvalue weighted by Crippen LogP contribution is 1.97. The molecular formula is C10H16N4O2. The molecule has 2 amide bonds. The number of amides is 2. The van der Waals surface area contributed by atoms with Crippen LogP contribution in [0.3, 0.4) is 0 Å². The van der Waals surface area contributed by atoms with E-state index in [1.807, 2.05) is 6.92 Å². The van der Waals surface area contributed by atoms with Gasteiger partial charge in [-0.15, -0.1) is 0 Å². The topological polar surface area (TPSA) is 78.1 Å². The highest BCUT2D eigenvalue weighted by Gasteiger charge is 2.19. The Morgan fingerprint density at radius 3 is 2.81 bits per heavy atom. The third-order valence-corrected chi connectivity index (χ3v) is 2.33. The Balaban J connectivity index is 2.55. The molecule has 1 atom stereocenters. The maximum Gasteiger partial charge on any atom is 0.255 e. The van der Waals surface area contributed by atoms with Gasteiger partial charge in [0, 0.05) is 19.8 Å². The van der Waals surface area contributed by atoms with Crippen LogP contribution in [0.25, 0.3) is 0 Å². The maximum absolute atomic E-state index is 11.7. The summed E-state index contributed by atoms with van der Waals surface area (Å²) in [6.07, 6.45) is 2.89. The van der Waals surface area contributed by atoms with Crippen molar-refractivity contribution in [3.05, 3.63) is 18.0 Å². The lowest BCUT2D eigenvalue weighted by atomic mass is 10.2. The molecule has 1 aromatic heterocycles. The van der Waals surface area contributed by atoms with Gasteiger partial charge in [-0.2, -0.15) is 5.10 Å². The first-order valence-electron chi connectivity index (χ1n) is 5.10. The Labute approximate surface area is 94.0 Å². The highest BCUT2D eigenvalue weighted by molar-refractivity contribution is 5.96. The highest BCUT2D eigenvalue weighted by atomic mass is 16.2. The summed E-state index contributed by atoms with van der Waals surface area (Å²) in [6, 6.07) is -0.535. The summed E-state index contributed by atoms with van der Waals surface area (Å²) in [5.74, 6) is -0.418. The van der Waals surface area contributed by atoms with Crippen LogP contribution in [-0.2, 0) is 4.79 Å². The van der Waals surface area contributed by atoms with Crippen molar-refractivity contribution in [1.82, 2.24) is 20.4 Å². The number of H-pyrrole nitrogens is 1. The molecule has 6 nitrogen and oxygen atoms in total. The van der Waals surface area contributed by atoms with Gasteiger partial charge in [0.1, 0.15) is 6.04 Å². The van der Waals surface area contributed by atoms with E-state index in [1.165, 1.54) is 12.4 Å². The van der Waals surface area contributed by atoms with E-state index in [2.05, 4.69) is 15.5 Å². The number of hydrogen-bond acceptors (Lipinski definition) is 3. The molecule has 0 aliphatic rings. The third kappa shape index (κ3) is 2.82. The Morgan fingerprint density at radius 1 is 1.62 bits per heavy atom. The lowest BCUT2D eigenvalue weighted by Gasteiger charge is -2.20. The first-order valence-corrected chi connectivity index (χ1v) is 5.10. The van der Waals surface area contributed by atoms with Crippen LogP contribution in [0, 0.1) is 0 Å². The molecule has 0 bridgehead atoms. The molecule has 0 aliphatic carbocycles. The summed E-state index contributed by atoms with van der Waals surface area (Å²) < 4.78 is 0. The average Bonchev–Trinajstić information content (AvgIpc) is 2.80. The van der Waals surface area contributed by atoms with E-state index in [0.29, 0.717) is 12.1 Å². The molecule has 6 heteroatoms. The van der Waals surface area contributed by atoms with Crippen molar-refractivity contribution >= 4 is 11.8 Å². The van der Waals surface area contributed by atoms with Gasteiger partial charge in [0.05, 0.1) is 11.8 Å². The SMILES string of the molecule is CCN(C)C(=O)C(C)NC(=O)c1cn[nH]c1.